The van der Waals surface area contributed by atoms with E-state index in [1.165, 1.54) is 6.20 Å². The quantitative estimate of drug-likeness (QED) is 0.415. The summed E-state index contributed by atoms with van der Waals surface area (Å²) in [4.78, 5) is 0. The van der Waals surface area contributed by atoms with Crippen LogP contribution in [0, 0.1) is 12.1 Å². The number of pyridine rings is 1. The van der Waals surface area contributed by atoms with Gasteiger partial charge in [0.1, 0.15) is 13.2 Å². The minimum Gasteiger partial charge on any atom is -0.618 e. The molecular weight excluding hydrogens is 158 g/mol. The number of hydrogen-bond acceptors (Lipinski definition) is 3. The maximum Gasteiger partial charge on any atom is 0.227 e. The van der Waals surface area contributed by atoms with E-state index in [0.29, 0.717) is 30.4 Å². The van der Waals surface area contributed by atoms with Gasteiger partial charge >= 0.3 is 0 Å². The highest BCUT2D eigenvalue weighted by Crippen LogP contribution is 2.28. The van der Waals surface area contributed by atoms with Crippen LogP contribution in [-0.2, 0) is 0 Å². The molecule has 0 saturated heterocycles. The smallest absolute Gasteiger partial charge is 0.227 e. The lowest BCUT2D eigenvalue weighted by Gasteiger charge is -2.17. The minimum atomic E-state index is 0.510. The SMILES string of the molecule is Cc1cc2c(c[n+]1[O-])OCCO2. The Morgan fingerprint density at radius 1 is 1.33 bits per heavy atom. The number of aryl methyl sites for hydroxylation is 1. The Bertz CT molecular complexity index is 280. The highest BCUT2D eigenvalue weighted by Gasteiger charge is 2.16. The fourth-order valence-corrected chi connectivity index (χ4v) is 1.12. The third kappa shape index (κ3) is 1.05. The summed E-state index contributed by atoms with van der Waals surface area (Å²) in [6, 6.07) is 1.68. The summed E-state index contributed by atoms with van der Waals surface area (Å²) in [6.45, 7) is 2.79. The summed E-state index contributed by atoms with van der Waals surface area (Å²) in [5.41, 5.74) is 0.610. The van der Waals surface area contributed by atoms with Crippen LogP contribution < -0.4 is 14.2 Å². The second-order valence-electron chi connectivity index (χ2n) is 2.67. The van der Waals surface area contributed by atoms with E-state index in [9.17, 15) is 5.21 Å². The van der Waals surface area contributed by atoms with Crippen LogP contribution in [-0.4, -0.2) is 13.2 Å². The van der Waals surface area contributed by atoms with Crippen LogP contribution in [0.4, 0.5) is 0 Å². The maximum atomic E-state index is 11.1. The van der Waals surface area contributed by atoms with Gasteiger partial charge in [0.25, 0.3) is 0 Å². The van der Waals surface area contributed by atoms with E-state index in [1.54, 1.807) is 13.0 Å². The summed E-state index contributed by atoms with van der Waals surface area (Å²) in [5, 5.41) is 11.1. The number of ether oxygens (including phenoxy) is 2. The van der Waals surface area contributed by atoms with Gasteiger partial charge in [0.2, 0.25) is 11.9 Å². The molecule has 0 fully saturated rings. The van der Waals surface area contributed by atoms with Crippen molar-refractivity contribution in [3.63, 3.8) is 0 Å². The third-order valence-corrected chi connectivity index (χ3v) is 1.76. The van der Waals surface area contributed by atoms with Crippen molar-refractivity contribution in [3.8, 4) is 11.5 Å². The molecule has 0 amide bonds. The Morgan fingerprint density at radius 3 is 2.75 bits per heavy atom. The van der Waals surface area contributed by atoms with Crippen molar-refractivity contribution in [2.45, 2.75) is 6.92 Å². The second kappa shape index (κ2) is 2.55. The number of fused-ring (bicyclic) bond motifs is 1. The Hall–Kier alpha value is -1.45. The Morgan fingerprint density at radius 2 is 2.00 bits per heavy atom. The van der Waals surface area contributed by atoms with Crippen LogP contribution in [0.5, 0.6) is 11.5 Å². The molecule has 0 saturated carbocycles. The van der Waals surface area contributed by atoms with Crippen molar-refractivity contribution in [3.05, 3.63) is 23.2 Å². The monoisotopic (exact) mass is 167 g/mol. The Balaban J connectivity index is 2.49. The predicted octanol–water partition coefficient (Wildman–Crippen LogP) is 0.400. The van der Waals surface area contributed by atoms with E-state index in [1.807, 2.05) is 0 Å². The van der Waals surface area contributed by atoms with E-state index in [-0.39, 0.29) is 0 Å². The molecule has 0 bridgehead atoms. The topological polar surface area (TPSA) is 45.4 Å². The van der Waals surface area contributed by atoms with E-state index >= 15 is 0 Å². The molecule has 64 valence electrons. The molecule has 0 unspecified atom stereocenters. The summed E-state index contributed by atoms with van der Waals surface area (Å²) in [7, 11) is 0. The molecule has 1 aliphatic rings. The van der Waals surface area contributed by atoms with Crippen molar-refractivity contribution in [1.29, 1.82) is 0 Å². The summed E-state index contributed by atoms with van der Waals surface area (Å²) >= 11 is 0. The molecule has 0 aromatic carbocycles. The molecule has 2 heterocycles. The predicted molar refractivity (Wildman–Crippen MR) is 41.1 cm³/mol. The third-order valence-electron chi connectivity index (χ3n) is 1.76. The van der Waals surface area contributed by atoms with Gasteiger partial charge in [-0.15, -0.1) is 0 Å². The van der Waals surface area contributed by atoms with Gasteiger partial charge in [0, 0.05) is 6.92 Å². The first-order chi connectivity index (χ1) is 5.77. The van der Waals surface area contributed by atoms with Crippen LogP contribution in [0.1, 0.15) is 5.69 Å². The largest absolute Gasteiger partial charge is 0.618 e. The standard InChI is InChI=1S/C8H9NO3/c1-6-4-7-8(5-9(6)10)12-3-2-11-7/h4-5H,2-3H2,1H3. The molecule has 4 heteroatoms. The van der Waals surface area contributed by atoms with Gasteiger partial charge in [-0.1, -0.05) is 0 Å². The normalized spacial score (nSPS) is 14.4. The van der Waals surface area contributed by atoms with Crippen LogP contribution in [0.2, 0.25) is 0 Å². The molecule has 0 aliphatic carbocycles. The lowest BCUT2D eigenvalue weighted by molar-refractivity contribution is -0.612. The van der Waals surface area contributed by atoms with Gasteiger partial charge in [-0.25, -0.2) is 0 Å². The summed E-state index contributed by atoms with van der Waals surface area (Å²) < 4.78 is 11.3. The zero-order valence-corrected chi connectivity index (χ0v) is 6.74. The summed E-state index contributed by atoms with van der Waals surface area (Å²) in [6.07, 6.45) is 1.39. The van der Waals surface area contributed by atoms with Crippen LogP contribution in [0.25, 0.3) is 0 Å². The van der Waals surface area contributed by atoms with Gasteiger partial charge in [0.05, 0.1) is 6.07 Å². The van der Waals surface area contributed by atoms with Crippen molar-refractivity contribution in [2.75, 3.05) is 13.2 Å². The van der Waals surface area contributed by atoms with Crippen molar-refractivity contribution >= 4 is 0 Å². The lowest BCUT2D eigenvalue weighted by Crippen LogP contribution is -2.31. The first-order valence-corrected chi connectivity index (χ1v) is 3.77. The van der Waals surface area contributed by atoms with Gasteiger partial charge in [0.15, 0.2) is 11.4 Å². The minimum absolute atomic E-state index is 0.510. The molecule has 4 nitrogen and oxygen atoms in total. The van der Waals surface area contributed by atoms with Gasteiger partial charge in [-0.3, -0.25) is 0 Å². The molecule has 1 aromatic heterocycles. The van der Waals surface area contributed by atoms with Gasteiger partial charge in [-0.2, -0.15) is 4.73 Å². The van der Waals surface area contributed by atoms with Crippen molar-refractivity contribution < 1.29 is 14.2 Å². The second-order valence-corrected chi connectivity index (χ2v) is 2.67. The highest BCUT2D eigenvalue weighted by atomic mass is 16.6. The molecule has 0 N–H and O–H groups in total. The molecule has 2 rings (SSSR count). The maximum absolute atomic E-state index is 11.1. The number of aromatic nitrogens is 1. The average molecular weight is 167 g/mol. The molecule has 12 heavy (non-hydrogen) atoms. The molecule has 0 radical (unpaired) electrons. The molecule has 0 spiro atoms. The van der Waals surface area contributed by atoms with Gasteiger partial charge < -0.3 is 14.7 Å². The summed E-state index contributed by atoms with van der Waals surface area (Å²) in [5.74, 6) is 1.19. The van der Waals surface area contributed by atoms with Crippen LogP contribution >= 0.6 is 0 Å². The van der Waals surface area contributed by atoms with E-state index in [2.05, 4.69) is 0 Å². The first kappa shape index (κ1) is 7.21. The Kier molecular flexibility index (Phi) is 1.53. The van der Waals surface area contributed by atoms with E-state index in [4.69, 9.17) is 9.47 Å². The van der Waals surface area contributed by atoms with Crippen molar-refractivity contribution in [1.82, 2.24) is 0 Å². The number of nitrogens with zero attached hydrogens (tertiary/aromatic N) is 1. The fraction of sp³-hybridized carbons (Fsp3) is 0.375. The van der Waals surface area contributed by atoms with Gasteiger partial charge in [-0.05, 0) is 0 Å². The van der Waals surface area contributed by atoms with Crippen LogP contribution in [0.15, 0.2) is 12.3 Å². The zero-order chi connectivity index (χ0) is 8.55. The molecule has 1 aromatic rings. The van der Waals surface area contributed by atoms with Crippen molar-refractivity contribution in [2.24, 2.45) is 0 Å². The van der Waals surface area contributed by atoms with Crippen LogP contribution in [0.3, 0.4) is 0 Å². The average Bonchev–Trinajstić information content (AvgIpc) is 2.07. The molecule has 1 aliphatic heterocycles. The molecular formula is C8H9NO3. The Labute approximate surface area is 69.9 Å². The lowest BCUT2D eigenvalue weighted by atomic mass is 10.3. The van der Waals surface area contributed by atoms with E-state index in [0.717, 1.165) is 4.73 Å². The first-order valence-electron chi connectivity index (χ1n) is 3.77. The molecule has 0 atom stereocenters. The number of hydrogen-bond donors (Lipinski definition) is 0. The number of rotatable bonds is 0. The highest BCUT2D eigenvalue weighted by molar-refractivity contribution is 5.37. The fourth-order valence-electron chi connectivity index (χ4n) is 1.12. The van der Waals surface area contributed by atoms with E-state index < -0.39 is 0 Å². The zero-order valence-electron chi connectivity index (χ0n) is 6.74.